The van der Waals surface area contributed by atoms with Gasteiger partial charge < -0.3 is 20.6 Å². The fourth-order valence-electron chi connectivity index (χ4n) is 2.25. The van der Waals surface area contributed by atoms with E-state index in [-0.39, 0.29) is 23.9 Å². The highest BCUT2D eigenvalue weighted by molar-refractivity contribution is 5.99. The standard InChI is InChI=1S/C21H27N3O3/c1-4-21(2,3)23-19(25)15-27-24-20(22)17-12-8-9-13-18(17)26-14-16-10-6-5-7-11-16/h5-13H,4,14-15H2,1-3H3,(H2,22,24)(H,23,25). The molecule has 144 valence electrons. The van der Waals surface area contributed by atoms with E-state index in [0.29, 0.717) is 17.9 Å². The van der Waals surface area contributed by atoms with Crippen LogP contribution in [0.5, 0.6) is 5.75 Å². The number of nitrogens with two attached hydrogens (primary N) is 1. The molecular formula is C21H27N3O3. The van der Waals surface area contributed by atoms with Crippen LogP contribution in [0.25, 0.3) is 0 Å². The molecule has 0 heterocycles. The predicted octanol–water partition coefficient (Wildman–Crippen LogP) is 3.21. The minimum atomic E-state index is -0.284. The Morgan fingerprint density at radius 2 is 1.78 bits per heavy atom. The summed E-state index contributed by atoms with van der Waals surface area (Å²) in [5.74, 6) is 0.510. The maximum absolute atomic E-state index is 11.9. The highest BCUT2D eigenvalue weighted by Crippen LogP contribution is 2.19. The van der Waals surface area contributed by atoms with Crippen molar-refractivity contribution in [3.05, 3.63) is 65.7 Å². The van der Waals surface area contributed by atoms with Crippen LogP contribution >= 0.6 is 0 Å². The van der Waals surface area contributed by atoms with Crippen molar-refractivity contribution in [1.29, 1.82) is 0 Å². The van der Waals surface area contributed by atoms with E-state index in [0.717, 1.165) is 12.0 Å². The van der Waals surface area contributed by atoms with Gasteiger partial charge in [0.2, 0.25) is 0 Å². The molecule has 2 aromatic rings. The third kappa shape index (κ3) is 6.66. The van der Waals surface area contributed by atoms with Crippen LogP contribution in [0.4, 0.5) is 0 Å². The molecule has 0 unspecified atom stereocenters. The van der Waals surface area contributed by atoms with Crippen molar-refractivity contribution in [3.63, 3.8) is 0 Å². The normalized spacial score (nSPS) is 11.7. The number of oxime groups is 1. The lowest BCUT2D eigenvalue weighted by Crippen LogP contribution is -2.44. The predicted molar refractivity (Wildman–Crippen MR) is 106 cm³/mol. The smallest absolute Gasteiger partial charge is 0.261 e. The van der Waals surface area contributed by atoms with E-state index in [4.69, 9.17) is 15.3 Å². The van der Waals surface area contributed by atoms with Crippen LogP contribution in [0, 0.1) is 0 Å². The fraction of sp³-hybridized carbons (Fsp3) is 0.333. The molecule has 0 radical (unpaired) electrons. The average Bonchev–Trinajstić information content (AvgIpc) is 2.67. The van der Waals surface area contributed by atoms with Gasteiger partial charge in [0, 0.05) is 5.54 Å². The van der Waals surface area contributed by atoms with Crippen LogP contribution in [-0.2, 0) is 16.2 Å². The highest BCUT2D eigenvalue weighted by atomic mass is 16.6. The summed E-state index contributed by atoms with van der Waals surface area (Å²) in [6.45, 7) is 6.12. The summed E-state index contributed by atoms with van der Waals surface area (Å²) in [5.41, 5.74) is 7.40. The molecule has 0 bridgehead atoms. The molecular weight excluding hydrogens is 342 g/mol. The Hall–Kier alpha value is -3.02. The SMILES string of the molecule is CCC(C)(C)NC(=O)CO/N=C(\N)c1ccccc1OCc1ccccc1. The molecule has 6 nitrogen and oxygen atoms in total. The zero-order chi connectivity index (χ0) is 19.7. The average molecular weight is 369 g/mol. The molecule has 1 amide bonds. The lowest BCUT2D eigenvalue weighted by Gasteiger charge is -2.23. The lowest BCUT2D eigenvalue weighted by atomic mass is 10.0. The molecule has 0 aromatic heterocycles. The van der Waals surface area contributed by atoms with Crippen molar-refractivity contribution >= 4 is 11.7 Å². The number of benzene rings is 2. The molecule has 0 spiro atoms. The van der Waals surface area contributed by atoms with Gasteiger partial charge in [0.15, 0.2) is 12.4 Å². The summed E-state index contributed by atoms with van der Waals surface area (Å²) in [5, 5.41) is 6.73. The van der Waals surface area contributed by atoms with E-state index in [2.05, 4.69) is 10.5 Å². The molecule has 0 aliphatic heterocycles. The molecule has 0 fully saturated rings. The van der Waals surface area contributed by atoms with Crippen molar-refractivity contribution in [2.75, 3.05) is 6.61 Å². The van der Waals surface area contributed by atoms with E-state index in [9.17, 15) is 4.79 Å². The zero-order valence-corrected chi connectivity index (χ0v) is 16.1. The van der Waals surface area contributed by atoms with E-state index >= 15 is 0 Å². The van der Waals surface area contributed by atoms with Crippen LogP contribution < -0.4 is 15.8 Å². The van der Waals surface area contributed by atoms with Gasteiger partial charge in [0.1, 0.15) is 12.4 Å². The maximum atomic E-state index is 11.9. The van der Waals surface area contributed by atoms with E-state index in [1.807, 2.05) is 69.3 Å². The van der Waals surface area contributed by atoms with Gasteiger partial charge in [0.25, 0.3) is 5.91 Å². The van der Waals surface area contributed by atoms with E-state index in [1.165, 1.54) is 0 Å². The Morgan fingerprint density at radius 3 is 2.48 bits per heavy atom. The summed E-state index contributed by atoms with van der Waals surface area (Å²) in [4.78, 5) is 17.0. The molecule has 0 atom stereocenters. The fourth-order valence-corrected chi connectivity index (χ4v) is 2.25. The Balaban J connectivity index is 1.96. The summed E-state index contributed by atoms with van der Waals surface area (Å²) in [6, 6.07) is 17.1. The molecule has 0 saturated carbocycles. The number of carbonyl (C=O) groups excluding carboxylic acids is 1. The monoisotopic (exact) mass is 369 g/mol. The first-order valence-corrected chi connectivity index (χ1v) is 8.94. The molecule has 6 heteroatoms. The Morgan fingerprint density at radius 1 is 1.11 bits per heavy atom. The van der Waals surface area contributed by atoms with Crippen LogP contribution in [0.1, 0.15) is 38.3 Å². The second kappa shape index (κ2) is 9.62. The largest absolute Gasteiger partial charge is 0.488 e. The number of hydrogen-bond acceptors (Lipinski definition) is 4. The summed E-state index contributed by atoms with van der Waals surface area (Å²) >= 11 is 0. The number of nitrogens with one attached hydrogen (secondary N) is 1. The van der Waals surface area contributed by atoms with Gasteiger partial charge in [-0.2, -0.15) is 0 Å². The van der Waals surface area contributed by atoms with Crippen LogP contribution in [0.15, 0.2) is 59.8 Å². The quantitative estimate of drug-likeness (QED) is 0.404. The van der Waals surface area contributed by atoms with Crippen molar-refractivity contribution in [2.24, 2.45) is 10.9 Å². The van der Waals surface area contributed by atoms with Gasteiger partial charge in [-0.05, 0) is 38.0 Å². The van der Waals surface area contributed by atoms with E-state index in [1.54, 1.807) is 6.07 Å². The number of nitrogens with zero attached hydrogens (tertiary/aromatic N) is 1. The molecule has 0 aliphatic rings. The molecule has 0 saturated heterocycles. The zero-order valence-electron chi connectivity index (χ0n) is 16.1. The second-order valence-corrected chi connectivity index (χ2v) is 6.81. The van der Waals surface area contributed by atoms with Crippen LogP contribution in [0.3, 0.4) is 0 Å². The minimum absolute atomic E-state index is 0.154. The third-order valence-corrected chi connectivity index (χ3v) is 4.12. The van der Waals surface area contributed by atoms with Gasteiger partial charge in [-0.25, -0.2) is 0 Å². The molecule has 2 rings (SSSR count). The molecule has 2 aromatic carbocycles. The van der Waals surface area contributed by atoms with Crippen molar-refractivity contribution in [1.82, 2.24) is 5.32 Å². The topological polar surface area (TPSA) is 85.9 Å². The lowest BCUT2D eigenvalue weighted by molar-refractivity contribution is -0.127. The van der Waals surface area contributed by atoms with E-state index < -0.39 is 0 Å². The number of hydrogen-bond donors (Lipinski definition) is 2. The first-order chi connectivity index (χ1) is 12.9. The Bertz CT molecular complexity index is 773. The number of carbonyl (C=O) groups is 1. The number of ether oxygens (including phenoxy) is 1. The second-order valence-electron chi connectivity index (χ2n) is 6.81. The molecule has 27 heavy (non-hydrogen) atoms. The van der Waals surface area contributed by atoms with Gasteiger partial charge in [-0.3, -0.25) is 4.79 Å². The summed E-state index contributed by atoms with van der Waals surface area (Å²) < 4.78 is 5.86. The van der Waals surface area contributed by atoms with Gasteiger partial charge in [0.05, 0.1) is 5.56 Å². The van der Waals surface area contributed by atoms with Gasteiger partial charge in [-0.15, -0.1) is 0 Å². The van der Waals surface area contributed by atoms with Gasteiger partial charge >= 0.3 is 0 Å². The summed E-state index contributed by atoms with van der Waals surface area (Å²) in [6.07, 6.45) is 0.816. The highest BCUT2D eigenvalue weighted by Gasteiger charge is 2.18. The molecule has 3 N–H and O–H groups in total. The Kier molecular flexibility index (Phi) is 7.23. The number of amidine groups is 1. The third-order valence-electron chi connectivity index (χ3n) is 4.12. The van der Waals surface area contributed by atoms with Gasteiger partial charge in [-0.1, -0.05) is 54.5 Å². The Labute approximate surface area is 160 Å². The van der Waals surface area contributed by atoms with Crippen LogP contribution in [-0.4, -0.2) is 23.9 Å². The summed E-state index contributed by atoms with van der Waals surface area (Å²) in [7, 11) is 0. The van der Waals surface area contributed by atoms with Crippen molar-refractivity contribution in [3.8, 4) is 5.75 Å². The molecule has 0 aliphatic carbocycles. The number of rotatable bonds is 9. The minimum Gasteiger partial charge on any atom is -0.488 e. The van der Waals surface area contributed by atoms with Crippen molar-refractivity contribution in [2.45, 2.75) is 39.3 Å². The number of amides is 1. The van der Waals surface area contributed by atoms with Crippen molar-refractivity contribution < 1.29 is 14.4 Å². The first kappa shape index (κ1) is 20.3. The van der Waals surface area contributed by atoms with Crippen LogP contribution in [0.2, 0.25) is 0 Å². The maximum Gasteiger partial charge on any atom is 0.261 e. The first-order valence-electron chi connectivity index (χ1n) is 8.94. The number of para-hydroxylation sites is 1.